The number of nitrogens with zero attached hydrogens (tertiary/aromatic N) is 3. The Morgan fingerprint density at radius 1 is 0.895 bits per heavy atom. The van der Waals surface area contributed by atoms with Crippen molar-refractivity contribution in [1.29, 1.82) is 0 Å². The number of fused-ring (bicyclic) bond motifs is 8. The highest BCUT2D eigenvalue weighted by atomic mass is 16.2. The third kappa shape index (κ3) is 2.77. The van der Waals surface area contributed by atoms with Crippen molar-refractivity contribution in [3.8, 4) is 5.69 Å². The quantitative estimate of drug-likeness (QED) is 0.418. The molecule has 190 valence electrons. The zero-order valence-corrected chi connectivity index (χ0v) is 21.7. The number of aryl methyl sites for hydroxylation is 2. The van der Waals surface area contributed by atoms with Gasteiger partial charge in [-0.2, -0.15) is 0 Å². The maximum absolute atomic E-state index is 14.5. The molecular formula is C31H28N4O3. The lowest BCUT2D eigenvalue weighted by Gasteiger charge is -2.32. The topological polar surface area (TPSA) is 84.3 Å². The summed E-state index contributed by atoms with van der Waals surface area (Å²) < 4.78 is 1.64. The van der Waals surface area contributed by atoms with E-state index in [2.05, 4.69) is 19.2 Å². The molecule has 1 spiro atoms. The smallest absolute Gasteiger partial charge is 0.266 e. The van der Waals surface area contributed by atoms with Crippen LogP contribution in [0.1, 0.15) is 36.4 Å². The first-order valence-corrected chi connectivity index (χ1v) is 13.1. The molecule has 2 fully saturated rings. The Labute approximate surface area is 220 Å². The minimum atomic E-state index is -1.11. The molecule has 4 atom stereocenters. The highest BCUT2D eigenvalue weighted by molar-refractivity contribution is 6.23. The summed E-state index contributed by atoms with van der Waals surface area (Å²) >= 11 is 0. The maximum atomic E-state index is 14.5. The molecule has 0 radical (unpaired) electrons. The van der Waals surface area contributed by atoms with Crippen molar-refractivity contribution in [3.63, 3.8) is 0 Å². The monoisotopic (exact) mass is 504 g/mol. The highest BCUT2D eigenvalue weighted by Crippen LogP contribution is 2.56. The van der Waals surface area contributed by atoms with Crippen molar-refractivity contribution in [1.82, 2.24) is 14.9 Å². The van der Waals surface area contributed by atoms with Gasteiger partial charge in [-0.05, 0) is 61.2 Å². The number of imide groups is 1. The van der Waals surface area contributed by atoms with Crippen molar-refractivity contribution < 1.29 is 9.59 Å². The Kier molecular flexibility index (Phi) is 4.68. The number of amides is 2. The molecule has 3 aromatic carbocycles. The molecule has 2 amide bonds. The molecule has 1 N–H and O–H groups in total. The number of rotatable bonds is 2. The molecule has 3 aliphatic rings. The fraction of sp³-hybridized carbons (Fsp3) is 0.290. The van der Waals surface area contributed by atoms with Crippen LogP contribution < -0.4 is 15.8 Å². The fourth-order valence-corrected chi connectivity index (χ4v) is 7.06. The first kappa shape index (κ1) is 23.0. The largest absolute Gasteiger partial charge is 0.296 e. The summed E-state index contributed by atoms with van der Waals surface area (Å²) in [5.41, 5.74) is 3.37. The molecular weight excluding hydrogens is 476 g/mol. The van der Waals surface area contributed by atoms with Gasteiger partial charge < -0.3 is 0 Å². The van der Waals surface area contributed by atoms with Crippen LogP contribution in [0.5, 0.6) is 0 Å². The van der Waals surface area contributed by atoms with E-state index in [4.69, 9.17) is 4.98 Å². The molecule has 7 nitrogen and oxygen atoms in total. The SMILES string of the molecule is Cc1cc(C)cc(N2C(=O)[C@H]3[C@H](C(C)C)N[C@@]4(c5ccccc5-n5c4nc4ccccc4c5=O)[C@H]3C2=O)c1. The number of benzene rings is 3. The van der Waals surface area contributed by atoms with E-state index >= 15 is 0 Å². The second kappa shape index (κ2) is 7.71. The summed E-state index contributed by atoms with van der Waals surface area (Å²) in [4.78, 5) is 48.9. The number of carbonyl (C=O) groups excluding carboxylic acids is 2. The van der Waals surface area contributed by atoms with Gasteiger partial charge in [0.1, 0.15) is 11.4 Å². The summed E-state index contributed by atoms with van der Waals surface area (Å²) in [6.45, 7) is 8.06. The molecule has 4 aromatic rings. The average Bonchev–Trinajstić information content (AvgIpc) is 3.47. The zero-order chi connectivity index (χ0) is 26.5. The second-order valence-corrected chi connectivity index (χ2v) is 11.2. The number of hydrogen-bond donors (Lipinski definition) is 1. The third-order valence-corrected chi connectivity index (χ3v) is 8.48. The van der Waals surface area contributed by atoms with Crippen molar-refractivity contribution >= 4 is 28.4 Å². The van der Waals surface area contributed by atoms with Crippen LogP contribution in [0, 0.1) is 31.6 Å². The molecule has 3 aliphatic heterocycles. The Morgan fingerprint density at radius 2 is 1.58 bits per heavy atom. The van der Waals surface area contributed by atoms with Gasteiger partial charge in [0.05, 0.1) is 34.1 Å². The fourth-order valence-electron chi connectivity index (χ4n) is 7.06. The van der Waals surface area contributed by atoms with E-state index in [-0.39, 0.29) is 29.3 Å². The lowest BCUT2D eigenvalue weighted by Crippen LogP contribution is -2.51. The van der Waals surface area contributed by atoms with E-state index < -0.39 is 17.4 Å². The maximum Gasteiger partial charge on any atom is 0.266 e. The van der Waals surface area contributed by atoms with Crippen LogP contribution in [-0.2, 0) is 15.1 Å². The summed E-state index contributed by atoms with van der Waals surface area (Å²) in [6.07, 6.45) is 0. The Bertz CT molecular complexity index is 1740. The van der Waals surface area contributed by atoms with Crippen molar-refractivity contribution in [2.75, 3.05) is 4.90 Å². The molecule has 7 heteroatoms. The van der Waals surface area contributed by atoms with Gasteiger partial charge in [-0.3, -0.25) is 24.3 Å². The number of anilines is 1. The van der Waals surface area contributed by atoms with Crippen LogP contribution in [-0.4, -0.2) is 27.4 Å². The van der Waals surface area contributed by atoms with Gasteiger partial charge in [-0.25, -0.2) is 9.88 Å². The van der Waals surface area contributed by atoms with Crippen LogP contribution in [0.25, 0.3) is 16.6 Å². The summed E-state index contributed by atoms with van der Waals surface area (Å²) in [6, 6.07) is 20.5. The Hall–Kier alpha value is -4.10. The molecule has 7 rings (SSSR count). The summed E-state index contributed by atoms with van der Waals surface area (Å²) in [5.74, 6) is -1.26. The number of aromatic nitrogens is 2. The predicted molar refractivity (Wildman–Crippen MR) is 145 cm³/mol. The Balaban J connectivity index is 1.53. The van der Waals surface area contributed by atoms with E-state index in [1.165, 1.54) is 4.90 Å². The van der Waals surface area contributed by atoms with Crippen LogP contribution in [0.3, 0.4) is 0 Å². The molecule has 0 saturated carbocycles. The van der Waals surface area contributed by atoms with Crippen LogP contribution >= 0.6 is 0 Å². The molecule has 4 heterocycles. The van der Waals surface area contributed by atoms with Gasteiger partial charge in [0.25, 0.3) is 5.56 Å². The molecule has 38 heavy (non-hydrogen) atoms. The van der Waals surface area contributed by atoms with E-state index in [0.29, 0.717) is 28.1 Å². The van der Waals surface area contributed by atoms with Crippen LogP contribution in [0.4, 0.5) is 5.69 Å². The number of nitrogens with one attached hydrogen (secondary N) is 1. The molecule has 1 aromatic heterocycles. The van der Waals surface area contributed by atoms with Gasteiger partial charge in [0, 0.05) is 11.6 Å². The molecule has 0 bridgehead atoms. The Morgan fingerprint density at radius 3 is 2.32 bits per heavy atom. The first-order valence-electron chi connectivity index (χ1n) is 13.1. The predicted octanol–water partition coefficient (Wildman–Crippen LogP) is 3.99. The zero-order valence-electron chi connectivity index (χ0n) is 21.7. The lowest BCUT2D eigenvalue weighted by molar-refractivity contribution is -0.123. The number of hydrogen-bond acceptors (Lipinski definition) is 5. The van der Waals surface area contributed by atoms with E-state index in [0.717, 1.165) is 16.7 Å². The molecule has 2 saturated heterocycles. The van der Waals surface area contributed by atoms with E-state index in [1.807, 2.05) is 74.5 Å². The average molecular weight is 505 g/mol. The van der Waals surface area contributed by atoms with Gasteiger partial charge in [0.2, 0.25) is 11.8 Å². The van der Waals surface area contributed by atoms with Crippen LogP contribution in [0.2, 0.25) is 0 Å². The van der Waals surface area contributed by atoms with E-state index in [1.54, 1.807) is 10.6 Å². The second-order valence-electron chi connectivity index (χ2n) is 11.2. The van der Waals surface area contributed by atoms with Crippen molar-refractivity contribution in [2.24, 2.45) is 17.8 Å². The van der Waals surface area contributed by atoms with Gasteiger partial charge in [-0.1, -0.05) is 50.2 Å². The molecule has 0 aliphatic carbocycles. The summed E-state index contributed by atoms with van der Waals surface area (Å²) in [7, 11) is 0. The minimum Gasteiger partial charge on any atom is -0.296 e. The van der Waals surface area contributed by atoms with Gasteiger partial charge >= 0.3 is 0 Å². The summed E-state index contributed by atoms with van der Waals surface area (Å²) in [5, 5.41) is 4.25. The van der Waals surface area contributed by atoms with E-state index in [9.17, 15) is 14.4 Å². The number of carbonyl (C=O) groups is 2. The van der Waals surface area contributed by atoms with Crippen molar-refractivity contribution in [3.05, 3.63) is 99.6 Å². The lowest BCUT2D eigenvalue weighted by atomic mass is 9.75. The van der Waals surface area contributed by atoms with Crippen LogP contribution in [0.15, 0.2) is 71.5 Å². The van der Waals surface area contributed by atoms with Gasteiger partial charge in [0.15, 0.2) is 0 Å². The van der Waals surface area contributed by atoms with Crippen molar-refractivity contribution in [2.45, 2.75) is 39.3 Å². The number of para-hydroxylation sites is 2. The highest BCUT2D eigenvalue weighted by Gasteiger charge is 2.70. The first-order chi connectivity index (χ1) is 18.2. The van der Waals surface area contributed by atoms with Gasteiger partial charge in [-0.15, -0.1) is 0 Å². The minimum absolute atomic E-state index is 0.0613. The third-order valence-electron chi connectivity index (χ3n) is 8.48. The standard InChI is InChI=1S/C31H28N4O3/c1-16(2)26-24-25(29(38)34(28(24)37)19-14-17(3)13-18(4)15-19)31(33-26)21-10-6-8-12-23(21)35-27(36)20-9-5-7-11-22(20)32-30(31)35/h5-16,24-26,33H,1-4H3/t24-,25-,26+,31+/m1/s1. The molecule has 0 unspecified atom stereocenters. The normalized spacial score (nSPS) is 25.5.